The minimum absolute atomic E-state index is 0.221. The number of fused-ring (bicyclic) bond motifs is 1. The van der Waals surface area contributed by atoms with Crippen LogP contribution in [0.5, 0.6) is 0 Å². The molecule has 3 aromatic carbocycles. The fourth-order valence-electron chi connectivity index (χ4n) is 5.17. The van der Waals surface area contributed by atoms with Gasteiger partial charge in [-0.2, -0.15) is 0 Å². The third-order valence-corrected chi connectivity index (χ3v) is 7.31. The van der Waals surface area contributed by atoms with Crippen molar-refractivity contribution in [3.05, 3.63) is 131 Å². The molecule has 0 spiro atoms. The molecule has 0 saturated carbocycles. The molecule has 0 saturated heterocycles. The van der Waals surface area contributed by atoms with Gasteiger partial charge in [0.25, 0.3) is 5.91 Å². The Kier molecular flexibility index (Phi) is 9.09. The van der Waals surface area contributed by atoms with Gasteiger partial charge >= 0.3 is 6.09 Å². The van der Waals surface area contributed by atoms with Gasteiger partial charge in [0.1, 0.15) is 5.60 Å². The van der Waals surface area contributed by atoms with E-state index in [1.165, 1.54) is 5.56 Å². The Labute approximate surface area is 258 Å². The SMILES string of the molecule is Cc1ccc(CC(CNC(=O)c2cccnc2)n2c(=NC(=O)OC(C)(C)C)n(Cc3ccc(C)cc3)c3ccccc32)cc1. The number of rotatable bonds is 8. The average molecular weight is 590 g/mol. The molecule has 2 aromatic heterocycles. The minimum Gasteiger partial charge on any atom is -0.442 e. The number of para-hydroxylation sites is 2. The number of nitrogens with zero attached hydrogens (tertiary/aromatic N) is 4. The number of hydrogen-bond donors (Lipinski definition) is 1. The summed E-state index contributed by atoms with van der Waals surface area (Å²) in [6.07, 6.45) is 3.11. The van der Waals surface area contributed by atoms with Crippen LogP contribution in [-0.4, -0.2) is 38.3 Å². The Morgan fingerprint density at radius 3 is 2.11 bits per heavy atom. The summed E-state index contributed by atoms with van der Waals surface area (Å²) >= 11 is 0. The van der Waals surface area contributed by atoms with Crippen LogP contribution >= 0.6 is 0 Å². The summed E-state index contributed by atoms with van der Waals surface area (Å²) in [5.41, 5.74) is 6.54. The molecule has 1 atom stereocenters. The van der Waals surface area contributed by atoms with Crippen LogP contribution < -0.4 is 10.9 Å². The molecule has 1 N–H and O–H groups in total. The van der Waals surface area contributed by atoms with Crippen molar-refractivity contribution >= 4 is 23.0 Å². The molecule has 0 fully saturated rings. The first-order valence-corrected chi connectivity index (χ1v) is 14.8. The quantitative estimate of drug-likeness (QED) is 0.222. The zero-order valence-electron chi connectivity index (χ0n) is 25.9. The van der Waals surface area contributed by atoms with Crippen LogP contribution in [0.3, 0.4) is 0 Å². The third kappa shape index (κ3) is 7.50. The van der Waals surface area contributed by atoms with E-state index in [1.54, 1.807) is 24.5 Å². The summed E-state index contributed by atoms with van der Waals surface area (Å²) in [7, 11) is 0. The molecule has 0 radical (unpaired) electrons. The van der Waals surface area contributed by atoms with Gasteiger partial charge in [-0.15, -0.1) is 4.99 Å². The minimum atomic E-state index is -0.710. The third-order valence-electron chi connectivity index (χ3n) is 7.31. The van der Waals surface area contributed by atoms with E-state index in [0.29, 0.717) is 30.7 Å². The number of nitrogens with one attached hydrogen (secondary N) is 1. The number of carbonyl (C=O) groups excluding carboxylic acids is 2. The van der Waals surface area contributed by atoms with Gasteiger partial charge in [-0.3, -0.25) is 9.78 Å². The molecular formula is C36H39N5O3. The predicted octanol–water partition coefficient (Wildman–Crippen LogP) is 6.55. The van der Waals surface area contributed by atoms with Crippen LogP contribution in [0.1, 0.15) is 59.4 Å². The highest BCUT2D eigenvalue weighted by atomic mass is 16.6. The normalized spacial score (nSPS) is 12.7. The fraction of sp³-hybridized carbons (Fsp3) is 0.278. The van der Waals surface area contributed by atoms with Crippen molar-refractivity contribution in [1.82, 2.24) is 19.4 Å². The Morgan fingerprint density at radius 1 is 0.864 bits per heavy atom. The van der Waals surface area contributed by atoms with E-state index in [1.807, 2.05) is 45.0 Å². The first-order valence-electron chi connectivity index (χ1n) is 14.8. The van der Waals surface area contributed by atoms with E-state index in [4.69, 9.17) is 4.74 Å². The number of aromatic nitrogens is 3. The molecule has 8 heteroatoms. The molecule has 44 heavy (non-hydrogen) atoms. The number of imidazole rings is 1. The van der Waals surface area contributed by atoms with Crippen molar-refractivity contribution in [2.75, 3.05) is 6.54 Å². The number of benzene rings is 3. The van der Waals surface area contributed by atoms with Crippen LogP contribution in [0.15, 0.2) is 102 Å². The second-order valence-corrected chi connectivity index (χ2v) is 12.1. The molecule has 0 bridgehead atoms. The van der Waals surface area contributed by atoms with Crippen molar-refractivity contribution in [2.45, 2.75) is 59.2 Å². The maximum Gasteiger partial charge on any atom is 0.437 e. The number of pyridine rings is 1. The van der Waals surface area contributed by atoms with E-state index in [2.05, 4.69) is 86.8 Å². The molecular weight excluding hydrogens is 550 g/mol. The summed E-state index contributed by atoms with van der Waals surface area (Å²) < 4.78 is 9.79. The first-order chi connectivity index (χ1) is 21.1. The molecule has 0 aliphatic carbocycles. The lowest BCUT2D eigenvalue weighted by Gasteiger charge is -2.22. The van der Waals surface area contributed by atoms with Gasteiger partial charge in [0.2, 0.25) is 5.62 Å². The molecule has 2 heterocycles. The van der Waals surface area contributed by atoms with Crippen LogP contribution in [0, 0.1) is 13.8 Å². The summed E-state index contributed by atoms with van der Waals surface area (Å²) in [5, 5.41) is 3.11. The maximum absolute atomic E-state index is 13.3. The zero-order valence-corrected chi connectivity index (χ0v) is 25.9. The fourth-order valence-corrected chi connectivity index (χ4v) is 5.17. The summed E-state index contributed by atoms with van der Waals surface area (Å²) in [5.74, 6) is -0.221. The number of carbonyl (C=O) groups is 2. The Morgan fingerprint density at radius 2 is 1.50 bits per heavy atom. The molecule has 226 valence electrons. The molecule has 0 aliphatic rings. The highest BCUT2D eigenvalue weighted by Gasteiger charge is 2.23. The van der Waals surface area contributed by atoms with Crippen molar-refractivity contribution in [2.24, 2.45) is 4.99 Å². The van der Waals surface area contributed by atoms with E-state index >= 15 is 0 Å². The Hall–Kier alpha value is -4.98. The van der Waals surface area contributed by atoms with Gasteiger partial charge in [-0.25, -0.2) is 4.79 Å². The lowest BCUT2D eigenvalue weighted by molar-refractivity contribution is 0.0592. The van der Waals surface area contributed by atoms with Crippen molar-refractivity contribution in [1.29, 1.82) is 0 Å². The molecule has 2 amide bonds. The van der Waals surface area contributed by atoms with E-state index in [0.717, 1.165) is 27.7 Å². The van der Waals surface area contributed by atoms with Gasteiger partial charge in [-0.05, 0) is 76.4 Å². The van der Waals surface area contributed by atoms with Crippen molar-refractivity contribution in [3.8, 4) is 0 Å². The first kappa shape index (κ1) is 30.5. The highest BCUT2D eigenvalue weighted by Crippen LogP contribution is 2.22. The van der Waals surface area contributed by atoms with Gasteiger partial charge in [0.05, 0.1) is 29.2 Å². The predicted molar refractivity (Wildman–Crippen MR) is 172 cm³/mol. The number of amides is 2. The zero-order chi connectivity index (χ0) is 31.3. The summed E-state index contributed by atoms with van der Waals surface area (Å²) in [6.45, 7) is 10.4. The number of hydrogen-bond acceptors (Lipinski definition) is 4. The second-order valence-electron chi connectivity index (χ2n) is 12.1. The van der Waals surface area contributed by atoms with Gasteiger partial charge < -0.3 is 19.2 Å². The Balaban J connectivity index is 1.68. The molecule has 5 aromatic rings. The van der Waals surface area contributed by atoms with E-state index < -0.39 is 11.7 Å². The number of aryl methyl sites for hydroxylation is 2. The van der Waals surface area contributed by atoms with Crippen molar-refractivity contribution < 1.29 is 14.3 Å². The van der Waals surface area contributed by atoms with E-state index in [9.17, 15) is 9.59 Å². The lowest BCUT2D eigenvalue weighted by atomic mass is 10.0. The molecule has 5 rings (SSSR count). The smallest absolute Gasteiger partial charge is 0.437 e. The topological polar surface area (TPSA) is 90.5 Å². The molecule has 0 aliphatic heterocycles. The summed E-state index contributed by atoms with van der Waals surface area (Å²) in [6, 6.07) is 27.9. The molecule has 8 nitrogen and oxygen atoms in total. The average Bonchev–Trinajstić information content (AvgIpc) is 3.29. The number of ether oxygens (including phenoxy) is 1. The lowest BCUT2D eigenvalue weighted by Crippen LogP contribution is -2.38. The van der Waals surface area contributed by atoms with Crippen LogP contribution in [0.2, 0.25) is 0 Å². The monoisotopic (exact) mass is 589 g/mol. The Bertz CT molecular complexity index is 1810. The maximum atomic E-state index is 13.3. The van der Waals surface area contributed by atoms with Crippen LogP contribution in [0.4, 0.5) is 4.79 Å². The second kappa shape index (κ2) is 13.1. The standard InChI is InChI=1S/C36H39N5O3/c1-25-12-16-27(17-13-25)21-30(23-38-33(42)29-9-8-20-37-22-29)41-32-11-7-6-10-31(32)40(24-28-18-14-26(2)15-19-28)34(41)39-35(43)44-36(3,4)5/h6-20,22,30H,21,23-24H2,1-5H3,(H,38,42). The van der Waals surface area contributed by atoms with E-state index in [-0.39, 0.29) is 11.9 Å². The summed E-state index contributed by atoms with van der Waals surface area (Å²) in [4.78, 5) is 35.2. The van der Waals surface area contributed by atoms with Gasteiger partial charge in [-0.1, -0.05) is 71.8 Å². The van der Waals surface area contributed by atoms with Crippen molar-refractivity contribution in [3.63, 3.8) is 0 Å². The van der Waals surface area contributed by atoms with Gasteiger partial charge in [0.15, 0.2) is 0 Å². The van der Waals surface area contributed by atoms with Crippen LogP contribution in [0.25, 0.3) is 11.0 Å². The molecule has 1 unspecified atom stereocenters. The van der Waals surface area contributed by atoms with Crippen LogP contribution in [-0.2, 0) is 17.7 Å². The van der Waals surface area contributed by atoms with Gasteiger partial charge in [0, 0.05) is 18.9 Å². The largest absolute Gasteiger partial charge is 0.442 e. The highest BCUT2D eigenvalue weighted by molar-refractivity contribution is 5.93.